The second-order valence-electron chi connectivity index (χ2n) is 7.71. The lowest BCUT2D eigenvalue weighted by atomic mass is 10.1. The van der Waals surface area contributed by atoms with Crippen LogP contribution in [0.25, 0.3) is 22.2 Å². The molecule has 0 bridgehead atoms. The lowest BCUT2D eigenvalue weighted by Crippen LogP contribution is -2.33. The van der Waals surface area contributed by atoms with Gasteiger partial charge in [0.1, 0.15) is 29.3 Å². The summed E-state index contributed by atoms with van der Waals surface area (Å²) < 4.78 is 7.82. The Morgan fingerprint density at radius 3 is 2.53 bits per heavy atom. The summed E-state index contributed by atoms with van der Waals surface area (Å²) in [6.07, 6.45) is 3.69. The van der Waals surface area contributed by atoms with Gasteiger partial charge in [0.25, 0.3) is 0 Å². The highest BCUT2D eigenvalue weighted by molar-refractivity contribution is 6.00. The molecule has 9 nitrogen and oxygen atoms in total. The van der Waals surface area contributed by atoms with Gasteiger partial charge in [-0.05, 0) is 29.8 Å². The molecule has 2 heterocycles. The Morgan fingerprint density at radius 1 is 1.00 bits per heavy atom. The molecule has 0 aliphatic rings. The smallest absolute Gasteiger partial charge is 0.221 e. The number of aliphatic hydroxyl groups excluding tert-OH is 1. The number of aliphatic hydroxyl groups is 1. The first-order valence-electron chi connectivity index (χ1n) is 11.2. The fraction of sp³-hybridized carbons (Fsp3) is 0.240. The van der Waals surface area contributed by atoms with Crippen LogP contribution in [-0.2, 0) is 11.3 Å². The van der Waals surface area contributed by atoms with Crippen LogP contribution in [0, 0.1) is 0 Å². The summed E-state index contributed by atoms with van der Waals surface area (Å²) in [6, 6.07) is 17.4. The number of rotatable bonds is 11. The highest BCUT2D eigenvalue weighted by Gasteiger charge is 2.16. The topological polar surface area (TPSA) is 127 Å². The van der Waals surface area contributed by atoms with Gasteiger partial charge in [0.15, 0.2) is 0 Å². The number of anilines is 1. The number of aryl methyl sites for hydroxylation is 1. The molecular formula is C25H28N6O3. The molecule has 4 aromatic rings. The van der Waals surface area contributed by atoms with Crippen LogP contribution >= 0.6 is 0 Å². The molecule has 34 heavy (non-hydrogen) atoms. The first kappa shape index (κ1) is 23.2. The fourth-order valence-corrected chi connectivity index (χ4v) is 3.67. The van der Waals surface area contributed by atoms with Crippen molar-refractivity contribution in [2.24, 2.45) is 0 Å². The number of para-hydroxylation sites is 1. The highest BCUT2D eigenvalue weighted by atomic mass is 16.5. The van der Waals surface area contributed by atoms with Gasteiger partial charge in [-0.2, -0.15) is 0 Å². The summed E-state index contributed by atoms with van der Waals surface area (Å²) in [7, 11) is 0. The highest BCUT2D eigenvalue weighted by Crippen LogP contribution is 2.34. The number of benzene rings is 2. The summed E-state index contributed by atoms with van der Waals surface area (Å²) in [5.74, 6) is 1.83. The number of fused-ring (bicyclic) bond motifs is 1. The van der Waals surface area contributed by atoms with Crippen LogP contribution in [0.2, 0.25) is 0 Å². The van der Waals surface area contributed by atoms with Crippen LogP contribution in [0.4, 0.5) is 5.82 Å². The van der Waals surface area contributed by atoms with E-state index in [2.05, 4.69) is 20.6 Å². The van der Waals surface area contributed by atoms with E-state index in [4.69, 9.17) is 15.6 Å². The van der Waals surface area contributed by atoms with E-state index in [1.165, 1.54) is 6.33 Å². The standard InChI is InChI=1S/C25H28N6O3/c26-24-23-21(18-6-8-20(9-7-18)34-19-4-2-1-3-5-19)16-31(25(23)30-17-29-24)14-10-22(33)28-12-11-27-13-15-32/h1-9,16-17,27,32H,10-15H2,(H,28,33)(H2,26,29,30). The number of carbonyl (C=O) groups is 1. The Morgan fingerprint density at radius 2 is 1.76 bits per heavy atom. The predicted octanol–water partition coefficient (Wildman–Crippen LogP) is 2.56. The van der Waals surface area contributed by atoms with Crippen LogP contribution in [0.15, 0.2) is 67.1 Å². The number of amides is 1. The number of nitrogen functional groups attached to an aromatic ring is 1. The second-order valence-corrected chi connectivity index (χ2v) is 7.71. The van der Waals surface area contributed by atoms with Crippen molar-refractivity contribution < 1.29 is 14.6 Å². The van der Waals surface area contributed by atoms with Crippen molar-refractivity contribution in [3.05, 3.63) is 67.1 Å². The number of hydrogen-bond donors (Lipinski definition) is 4. The number of hydrogen-bond acceptors (Lipinski definition) is 7. The van der Waals surface area contributed by atoms with E-state index in [1.807, 2.05) is 65.4 Å². The normalized spacial score (nSPS) is 11.0. The van der Waals surface area contributed by atoms with Crippen LogP contribution in [-0.4, -0.2) is 51.8 Å². The van der Waals surface area contributed by atoms with E-state index in [0.717, 1.165) is 28.0 Å². The monoisotopic (exact) mass is 460 g/mol. The number of nitrogens with zero attached hydrogens (tertiary/aromatic N) is 3. The van der Waals surface area contributed by atoms with E-state index in [-0.39, 0.29) is 12.5 Å². The van der Waals surface area contributed by atoms with Gasteiger partial charge in [-0.3, -0.25) is 4.79 Å². The van der Waals surface area contributed by atoms with Crippen LogP contribution in [0.1, 0.15) is 6.42 Å². The number of aromatic nitrogens is 3. The third-order valence-electron chi connectivity index (χ3n) is 5.32. The largest absolute Gasteiger partial charge is 0.457 e. The van der Waals surface area contributed by atoms with Gasteiger partial charge in [-0.1, -0.05) is 30.3 Å². The van der Waals surface area contributed by atoms with Crippen molar-refractivity contribution in [1.82, 2.24) is 25.2 Å². The molecule has 0 spiro atoms. The molecule has 0 atom stereocenters. The Labute approximate surface area is 197 Å². The average molecular weight is 461 g/mol. The van der Waals surface area contributed by atoms with Gasteiger partial charge in [-0.25, -0.2) is 9.97 Å². The van der Waals surface area contributed by atoms with E-state index in [1.54, 1.807) is 0 Å². The summed E-state index contributed by atoms with van der Waals surface area (Å²) >= 11 is 0. The van der Waals surface area contributed by atoms with E-state index in [0.29, 0.717) is 44.1 Å². The number of carbonyl (C=O) groups excluding carboxylic acids is 1. The first-order chi connectivity index (χ1) is 16.7. The molecule has 4 rings (SSSR count). The molecule has 0 aliphatic carbocycles. The average Bonchev–Trinajstić information content (AvgIpc) is 3.24. The van der Waals surface area contributed by atoms with Crippen LogP contribution in [0.5, 0.6) is 11.5 Å². The zero-order valence-electron chi connectivity index (χ0n) is 18.8. The number of nitrogens with one attached hydrogen (secondary N) is 2. The molecular weight excluding hydrogens is 432 g/mol. The summed E-state index contributed by atoms with van der Waals surface area (Å²) in [5.41, 5.74) is 8.74. The van der Waals surface area contributed by atoms with Crippen molar-refractivity contribution in [2.45, 2.75) is 13.0 Å². The molecule has 0 saturated heterocycles. The van der Waals surface area contributed by atoms with E-state index in [9.17, 15) is 4.79 Å². The quantitative estimate of drug-likeness (QED) is 0.253. The SMILES string of the molecule is Nc1ncnc2c1c(-c1ccc(Oc3ccccc3)cc1)cn2CCC(=O)NCCNCCO. The number of nitrogens with two attached hydrogens (primary N) is 1. The molecule has 0 fully saturated rings. The van der Waals surface area contributed by atoms with Crippen molar-refractivity contribution in [3.63, 3.8) is 0 Å². The predicted molar refractivity (Wildman–Crippen MR) is 131 cm³/mol. The molecule has 5 N–H and O–H groups in total. The van der Waals surface area contributed by atoms with Crippen LogP contribution < -0.4 is 21.1 Å². The maximum absolute atomic E-state index is 12.2. The molecule has 1 amide bonds. The van der Waals surface area contributed by atoms with Crippen molar-refractivity contribution in [2.75, 3.05) is 32.0 Å². The summed E-state index contributed by atoms with van der Waals surface area (Å²) in [6.45, 7) is 2.15. The van der Waals surface area contributed by atoms with Crippen molar-refractivity contribution in [3.8, 4) is 22.6 Å². The van der Waals surface area contributed by atoms with Crippen molar-refractivity contribution in [1.29, 1.82) is 0 Å². The van der Waals surface area contributed by atoms with E-state index >= 15 is 0 Å². The van der Waals surface area contributed by atoms with Gasteiger partial charge in [0.05, 0.1) is 12.0 Å². The van der Waals surface area contributed by atoms with Gasteiger partial charge >= 0.3 is 0 Å². The zero-order valence-corrected chi connectivity index (χ0v) is 18.8. The van der Waals surface area contributed by atoms with Crippen molar-refractivity contribution >= 4 is 22.8 Å². The Hall–Kier alpha value is -3.95. The van der Waals surface area contributed by atoms with Crippen LogP contribution in [0.3, 0.4) is 0 Å². The fourth-order valence-electron chi connectivity index (χ4n) is 3.67. The Balaban J connectivity index is 1.48. The molecule has 0 saturated carbocycles. The minimum atomic E-state index is -0.0568. The molecule has 0 aliphatic heterocycles. The van der Waals surface area contributed by atoms with Gasteiger partial charge in [-0.15, -0.1) is 0 Å². The molecule has 2 aromatic carbocycles. The first-order valence-corrected chi connectivity index (χ1v) is 11.2. The molecule has 0 radical (unpaired) electrons. The molecule has 9 heteroatoms. The van der Waals surface area contributed by atoms with Gasteiger partial charge in [0, 0.05) is 44.4 Å². The maximum Gasteiger partial charge on any atom is 0.221 e. The third-order valence-corrected chi connectivity index (χ3v) is 5.32. The third kappa shape index (κ3) is 5.69. The second kappa shape index (κ2) is 11.3. The zero-order chi connectivity index (χ0) is 23.8. The minimum absolute atomic E-state index is 0.0568. The molecule has 176 valence electrons. The molecule has 0 unspecified atom stereocenters. The summed E-state index contributed by atoms with van der Waals surface area (Å²) in [4.78, 5) is 20.8. The van der Waals surface area contributed by atoms with E-state index < -0.39 is 0 Å². The maximum atomic E-state index is 12.2. The molecule has 2 aromatic heterocycles. The lowest BCUT2D eigenvalue weighted by Gasteiger charge is -2.07. The number of ether oxygens (including phenoxy) is 1. The summed E-state index contributed by atoms with van der Waals surface area (Å²) in [5, 5.41) is 15.4. The van der Waals surface area contributed by atoms with Gasteiger partial charge < -0.3 is 30.8 Å². The minimum Gasteiger partial charge on any atom is -0.457 e. The lowest BCUT2D eigenvalue weighted by molar-refractivity contribution is -0.121. The Bertz CT molecular complexity index is 1220. The van der Waals surface area contributed by atoms with Gasteiger partial charge in [0.2, 0.25) is 5.91 Å². The Kier molecular flexibility index (Phi) is 7.69.